The van der Waals surface area contributed by atoms with Gasteiger partial charge in [0.05, 0.1) is 0 Å². The summed E-state index contributed by atoms with van der Waals surface area (Å²) in [7, 11) is 0. The Morgan fingerprint density at radius 3 is 2.00 bits per heavy atom. The van der Waals surface area contributed by atoms with Crippen molar-refractivity contribution in [1.82, 2.24) is 0 Å². The van der Waals surface area contributed by atoms with Gasteiger partial charge in [-0.3, -0.25) is 4.79 Å². The normalized spacial score (nSPS) is 10.2. The average Bonchev–Trinajstić information content (AvgIpc) is 2.35. The first-order valence-corrected chi connectivity index (χ1v) is 4.87. The second-order valence-corrected chi connectivity index (χ2v) is 3.48. The van der Waals surface area contributed by atoms with Crippen molar-refractivity contribution in [2.45, 2.75) is 0 Å². The van der Waals surface area contributed by atoms with E-state index in [4.69, 9.17) is 5.11 Å². The summed E-state index contributed by atoms with van der Waals surface area (Å²) in [5.41, 5.74) is 0.195. The van der Waals surface area contributed by atoms with E-state index < -0.39 is 23.2 Å². The van der Waals surface area contributed by atoms with Crippen molar-refractivity contribution in [1.29, 1.82) is 0 Å². The molecule has 0 radical (unpaired) electrons. The van der Waals surface area contributed by atoms with Gasteiger partial charge in [0.25, 0.3) is 0 Å². The van der Waals surface area contributed by atoms with Gasteiger partial charge < -0.3 is 5.11 Å². The number of carbonyl (C=O) groups excluding carboxylic acids is 1. The monoisotopic (exact) mass is 234 g/mol. The van der Waals surface area contributed by atoms with Crippen LogP contribution < -0.4 is 0 Å². The van der Waals surface area contributed by atoms with Crippen LogP contribution in [0.1, 0.15) is 15.9 Å². The molecule has 0 saturated carbocycles. The Labute approximate surface area is 96.1 Å². The lowest BCUT2D eigenvalue weighted by Gasteiger charge is -2.03. The molecule has 2 aromatic carbocycles. The molecule has 2 rings (SSSR count). The quantitative estimate of drug-likeness (QED) is 0.811. The van der Waals surface area contributed by atoms with E-state index in [0.29, 0.717) is 5.56 Å². The molecule has 0 aliphatic heterocycles. The van der Waals surface area contributed by atoms with Crippen LogP contribution >= 0.6 is 0 Å². The van der Waals surface area contributed by atoms with E-state index in [1.54, 1.807) is 30.3 Å². The molecule has 0 bridgehead atoms. The summed E-state index contributed by atoms with van der Waals surface area (Å²) >= 11 is 0. The topological polar surface area (TPSA) is 37.3 Å². The number of aromatic hydroxyl groups is 1. The first kappa shape index (κ1) is 11.3. The number of benzene rings is 2. The van der Waals surface area contributed by atoms with Crippen LogP contribution in [-0.2, 0) is 0 Å². The Morgan fingerprint density at radius 2 is 1.47 bits per heavy atom. The molecular formula is C13H8F2O2. The fourth-order valence-electron chi connectivity index (χ4n) is 1.45. The van der Waals surface area contributed by atoms with E-state index in [-0.39, 0.29) is 5.56 Å². The highest BCUT2D eigenvalue weighted by Gasteiger charge is 2.15. The lowest BCUT2D eigenvalue weighted by atomic mass is 10.0. The highest BCUT2D eigenvalue weighted by Crippen LogP contribution is 2.22. The Kier molecular flexibility index (Phi) is 2.87. The molecule has 0 unspecified atom stereocenters. The van der Waals surface area contributed by atoms with Crippen LogP contribution in [0, 0.1) is 11.6 Å². The summed E-state index contributed by atoms with van der Waals surface area (Å²) in [4.78, 5) is 11.8. The van der Waals surface area contributed by atoms with E-state index in [1.807, 2.05) is 0 Å². The third-order valence-electron chi connectivity index (χ3n) is 2.32. The van der Waals surface area contributed by atoms with Crippen molar-refractivity contribution in [2.75, 3.05) is 0 Å². The van der Waals surface area contributed by atoms with Crippen LogP contribution in [0.5, 0.6) is 5.75 Å². The first-order chi connectivity index (χ1) is 8.09. The molecule has 0 aromatic heterocycles. The van der Waals surface area contributed by atoms with E-state index in [1.165, 1.54) is 0 Å². The molecule has 2 nitrogen and oxygen atoms in total. The fourth-order valence-corrected chi connectivity index (χ4v) is 1.45. The number of carbonyl (C=O) groups is 1. The molecule has 0 aliphatic carbocycles. The van der Waals surface area contributed by atoms with Crippen LogP contribution in [0.3, 0.4) is 0 Å². The number of rotatable bonds is 2. The molecule has 0 saturated heterocycles. The number of halogens is 2. The van der Waals surface area contributed by atoms with Crippen molar-refractivity contribution in [3.8, 4) is 5.75 Å². The van der Waals surface area contributed by atoms with E-state index in [2.05, 4.69) is 0 Å². The van der Waals surface area contributed by atoms with Gasteiger partial charge in [0.2, 0.25) is 0 Å². The summed E-state index contributed by atoms with van der Waals surface area (Å²) in [5.74, 6) is -3.87. The molecule has 86 valence electrons. The van der Waals surface area contributed by atoms with Crippen molar-refractivity contribution in [3.63, 3.8) is 0 Å². The number of hydrogen-bond donors (Lipinski definition) is 1. The van der Waals surface area contributed by atoms with Crippen LogP contribution in [-0.4, -0.2) is 10.9 Å². The maximum absolute atomic E-state index is 13.1. The molecule has 4 heteroatoms. The van der Waals surface area contributed by atoms with Gasteiger partial charge >= 0.3 is 0 Å². The highest BCUT2D eigenvalue weighted by atomic mass is 19.1. The van der Waals surface area contributed by atoms with Crippen LogP contribution in [0.2, 0.25) is 0 Å². The van der Waals surface area contributed by atoms with Gasteiger partial charge in [-0.25, -0.2) is 8.78 Å². The highest BCUT2D eigenvalue weighted by molar-refractivity contribution is 6.09. The van der Waals surface area contributed by atoms with Gasteiger partial charge in [0, 0.05) is 11.1 Å². The summed E-state index contributed by atoms with van der Waals surface area (Å²) in [5, 5.41) is 8.92. The predicted molar refractivity (Wildman–Crippen MR) is 57.9 cm³/mol. The molecule has 0 amide bonds. The molecule has 1 N–H and O–H groups in total. The minimum absolute atomic E-state index is 0.135. The van der Waals surface area contributed by atoms with Crippen LogP contribution in [0.15, 0.2) is 42.5 Å². The molecule has 0 spiro atoms. The number of hydrogen-bond acceptors (Lipinski definition) is 2. The van der Waals surface area contributed by atoms with Crippen molar-refractivity contribution in [3.05, 3.63) is 65.2 Å². The van der Waals surface area contributed by atoms with Gasteiger partial charge in [-0.1, -0.05) is 30.3 Å². The first-order valence-electron chi connectivity index (χ1n) is 4.87. The number of phenolic OH excluding ortho intramolecular Hbond substituents is 1. The Hall–Kier alpha value is -2.23. The SMILES string of the molecule is O=C(c1ccccc1)c1cc(F)c(O)c(F)c1. The molecular weight excluding hydrogens is 226 g/mol. The van der Waals surface area contributed by atoms with E-state index in [9.17, 15) is 13.6 Å². The third-order valence-corrected chi connectivity index (χ3v) is 2.32. The zero-order valence-electron chi connectivity index (χ0n) is 8.65. The second-order valence-electron chi connectivity index (χ2n) is 3.48. The minimum Gasteiger partial charge on any atom is -0.503 e. The average molecular weight is 234 g/mol. The van der Waals surface area contributed by atoms with Gasteiger partial charge in [-0.2, -0.15) is 0 Å². The van der Waals surface area contributed by atoms with Crippen LogP contribution in [0.25, 0.3) is 0 Å². The molecule has 0 heterocycles. The van der Waals surface area contributed by atoms with Crippen molar-refractivity contribution in [2.24, 2.45) is 0 Å². The van der Waals surface area contributed by atoms with Crippen molar-refractivity contribution >= 4 is 5.78 Å². The van der Waals surface area contributed by atoms with Gasteiger partial charge in [-0.05, 0) is 12.1 Å². The summed E-state index contributed by atoms with van der Waals surface area (Å²) < 4.78 is 26.1. The van der Waals surface area contributed by atoms with Crippen LogP contribution in [0.4, 0.5) is 8.78 Å². The molecule has 0 atom stereocenters. The zero-order valence-corrected chi connectivity index (χ0v) is 8.65. The van der Waals surface area contributed by atoms with Gasteiger partial charge in [0.1, 0.15) is 0 Å². The molecule has 2 aromatic rings. The maximum Gasteiger partial charge on any atom is 0.193 e. The maximum atomic E-state index is 13.1. The number of ketones is 1. The summed E-state index contributed by atoms with van der Waals surface area (Å²) in [6.45, 7) is 0. The molecule has 17 heavy (non-hydrogen) atoms. The third kappa shape index (κ3) is 2.15. The standard InChI is InChI=1S/C13H8F2O2/c14-10-6-9(7-11(15)13(10)17)12(16)8-4-2-1-3-5-8/h1-7,17H. The summed E-state index contributed by atoms with van der Waals surface area (Å²) in [6, 6.07) is 9.76. The molecule has 0 fully saturated rings. The lowest BCUT2D eigenvalue weighted by Crippen LogP contribution is -2.02. The van der Waals surface area contributed by atoms with Gasteiger partial charge in [-0.15, -0.1) is 0 Å². The largest absolute Gasteiger partial charge is 0.503 e. The Balaban J connectivity index is 2.45. The summed E-state index contributed by atoms with van der Waals surface area (Å²) in [6.07, 6.45) is 0. The lowest BCUT2D eigenvalue weighted by molar-refractivity contribution is 0.103. The van der Waals surface area contributed by atoms with Gasteiger partial charge in [0.15, 0.2) is 23.2 Å². The van der Waals surface area contributed by atoms with E-state index in [0.717, 1.165) is 12.1 Å². The second kappa shape index (κ2) is 4.33. The Bertz CT molecular complexity index is 542. The van der Waals surface area contributed by atoms with E-state index >= 15 is 0 Å². The van der Waals surface area contributed by atoms with Crippen molar-refractivity contribution < 1.29 is 18.7 Å². The zero-order chi connectivity index (χ0) is 12.4. The number of phenols is 1. The smallest absolute Gasteiger partial charge is 0.193 e. The Morgan fingerprint density at radius 1 is 0.941 bits per heavy atom. The minimum atomic E-state index is -1.15. The molecule has 0 aliphatic rings. The fraction of sp³-hybridized carbons (Fsp3) is 0. The predicted octanol–water partition coefficient (Wildman–Crippen LogP) is 2.90.